The van der Waals surface area contributed by atoms with Gasteiger partial charge in [0.15, 0.2) is 0 Å². The maximum atomic E-state index is 14.6. The van der Waals surface area contributed by atoms with E-state index in [-0.39, 0.29) is 35.5 Å². The highest BCUT2D eigenvalue weighted by Gasteiger charge is 2.35. The molecule has 0 saturated heterocycles. The van der Waals surface area contributed by atoms with Crippen LogP contribution in [0.5, 0.6) is 5.75 Å². The summed E-state index contributed by atoms with van der Waals surface area (Å²) in [6.07, 6.45) is 0.971. The van der Waals surface area contributed by atoms with Crippen LogP contribution in [0.15, 0.2) is 108 Å². The Morgan fingerprint density at radius 1 is 0.826 bits per heavy atom. The van der Waals surface area contributed by atoms with Crippen LogP contribution in [0.25, 0.3) is 0 Å². The van der Waals surface area contributed by atoms with E-state index in [1.807, 2.05) is 82.3 Å². The average Bonchev–Trinajstić information content (AvgIpc) is 3.06. The zero-order valence-corrected chi connectivity index (χ0v) is 28.0. The number of methoxy groups -OCH3 is 1. The van der Waals surface area contributed by atoms with E-state index in [1.165, 1.54) is 24.1 Å². The Kier molecular flexibility index (Phi) is 11.6. The summed E-state index contributed by atoms with van der Waals surface area (Å²) in [5, 5.41) is 3.06. The predicted molar refractivity (Wildman–Crippen MR) is 182 cm³/mol. The van der Waals surface area contributed by atoms with Crippen molar-refractivity contribution in [3.63, 3.8) is 0 Å². The largest absolute Gasteiger partial charge is 0.497 e. The molecule has 8 nitrogen and oxygen atoms in total. The van der Waals surface area contributed by atoms with E-state index in [0.717, 1.165) is 26.6 Å². The lowest BCUT2D eigenvalue weighted by Crippen LogP contribution is -2.54. The fourth-order valence-electron chi connectivity index (χ4n) is 5.02. The van der Waals surface area contributed by atoms with Crippen molar-refractivity contribution in [2.24, 2.45) is 0 Å². The van der Waals surface area contributed by atoms with Crippen molar-refractivity contribution in [3.8, 4) is 5.75 Å². The van der Waals surface area contributed by atoms with Gasteiger partial charge >= 0.3 is 0 Å². The molecule has 0 heterocycles. The smallest absolute Gasteiger partial charge is 0.264 e. The summed E-state index contributed by atoms with van der Waals surface area (Å²) in [7, 11) is -2.70. The number of nitrogens with one attached hydrogen (secondary N) is 1. The van der Waals surface area contributed by atoms with E-state index in [9.17, 15) is 18.0 Å². The number of aryl methyl sites for hydroxylation is 2. The molecule has 0 aliphatic heterocycles. The Bertz CT molecular complexity index is 1710. The van der Waals surface area contributed by atoms with Gasteiger partial charge in [-0.2, -0.15) is 0 Å². The molecule has 9 heteroatoms. The van der Waals surface area contributed by atoms with Crippen molar-refractivity contribution in [1.29, 1.82) is 0 Å². The van der Waals surface area contributed by atoms with E-state index in [4.69, 9.17) is 4.74 Å². The highest BCUT2D eigenvalue weighted by molar-refractivity contribution is 7.92. The zero-order valence-electron chi connectivity index (χ0n) is 27.1. The standard InChI is InChI=1S/C37H43N3O5S/c1-6-29(4)38-37(42)35(23-30-11-8-7-9-12-30)39(25-31-19-15-27(2)16-20-31)36(41)26-40(32-13-10-14-33(24-32)45-5)46(43,44)34-21-17-28(3)18-22-34/h7-22,24,29,35H,6,23,25-26H2,1-5H3,(H,38,42)/t29-,35-/m1/s1. The van der Waals surface area contributed by atoms with Crippen LogP contribution in [0.3, 0.4) is 0 Å². The summed E-state index contributed by atoms with van der Waals surface area (Å²) in [5.74, 6) is -0.368. The van der Waals surface area contributed by atoms with Crippen molar-refractivity contribution in [1.82, 2.24) is 10.2 Å². The number of hydrogen-bond donors (Lipinski definition) is 1. The first-order chi connectivity index (χ1) is 22.0. The second-order valence-electron chi connectivity index (χ2n) is 11.6. The molecule has 0 aliphatic rings. The fourth-order valence-corrected chi connectivity index (χ4v) is 6.42. The molecule has 4 aromatic rings. The Labute approximate surface area is 273 Å². The van der Waals surface area contributed by atoms with Crippen LogP contribution in [-0.2, 0) is 32.6 Å². The maximum absolute atomic E-state index is 14.6. The Hall–Kier alpha value is -4.63. The molecule has 2 atom stereocenters. The van der Waals surface area contributed by atoms with Gasteiger partial charge in [-0.1, -0.05) is 90.8 Å². The fraction of sp³-hybridized carbons (Fsp3) is 0.297. The molecule has 242 valence electrons. The normalized spacial score (nSPS) is 12.5. The minimum Gasteiger partial charge on any atom is -0.497 e. The van der Waals surface area contributed by atoms with Crippen molar-refractivity contribution < 1.29 is 22.7 Å². The number of benzene rings is 4. The van der Waals surface area contributed by atoms with Gasteiger partial charge < -0.3 is 15.0 Å². The SMILES string of the molecule is CC[C@@H](C)NC(=O)[C@@H](Cc1ccccc1)N(Cc1ccc(C)cc1)C(=O)CN(c1cccc(OC)c1)S(=O)(=O)c1ccc(C)cc1. The quantitative estimate of drug-likeness (QED) is 0.181. The van der Waals surface area contributed by atoms with E-state index >= 15 is 0 Å². The highest BCUT2D eigenvalue weighted by atomic mass is 32.2. The van der Waals surface area contributed by atoms with Crippen LogP contribution < -0.4 is 14.4 Å². The first-order valence-corrected chi connectivity index (χ1v) is 16.9. The highest BCUT2D eigenvalue weighted by Crippen LogP contribution is 2.28. The van der Waals surface area contributed by atoms with Crippen molar-refractivity contribution in [2.75, 3.05) is 18.0 Å². The number of nitrogens with zero attached hydrogens (tertiary/aromatic N) is 2. The van der Waals surface area contributed by atoms with Crippen LogP contribution in [0.4, 0.5) is 5.69 Å². The third-order valence-corrected chi connectivity index (χ3v) is 9.76. The molecular formula is C37H43N3O5S. The van der Waals surface area contributed by atoms with Gasteiger partial charge in [0.1, 0.15) is 18.3 Å². The summed E-state index contributed by atoms with van der Waals surface area (Å²) in [5.41, 5.74) is 3.94. The number of anilines is 1. The molecule has 46 heavy (non-hydrogen) atoms. The van der Waals surface area contributed by atoms with Gasteiger partial charge in [-0.25, -0.2) is 8.42 Å². The van der Waals surface area contributed by atoms with E-state index < -0.39 is 28.5 Å². The van der Waals surface area contributed by atoms with Gasteiger partial charge in [-0.05, 0) is 62.6 Å². The number of sulfonamides is 1. The molecule has 0 spiro atoms. The molecule has 1 N–H and O–H groups in total. The minimum atomic E-state index is -4.20. The number of rotatable bonds is 14. The van der Waals surface area contributed by atoms with Crippen LogP contribution >= 0.6 is 0 Å². The van der Waals surface area contributed by atoms with Gasteiger partial charge in [-0.15, -0.1) is 0 Å². The van der Waals surface area contributed by atoms with E-state index in [0.29, 0.717) is 12.2 Å². The Balaban J connectivity index is 1.82. The summed E-state index contributed by atoms with van der Waals surface area (Å²) in [4.78, 5) is 30.1. The Morgan fingerprint density at radius 3 is 2.07 bits per heavy atom. The number of ether oxygens (including phenoxy) is 1. The predicted octanol–water partition coefficient (Wildman–Crippen LogP) is 6.06. The van der Waals surface area contributed by atoms with Gasteiger partial charge in [-0.3, -0.25) is 13.9 Å². The van der Waals surface area contributed by atoms with Gasteiger partial charge in [0, 0.05) is 25.1 Å². The molecule has 0 unspecified atom stereocenters. The third-order valence-electron chi connectivity index (χ3n) is 7.97. The molecule has 0 aromatic heterocycles. The van der Waals surface area contributed by atoms with Crippen LogP contribution in [0.2, 0.25) is 0 Å². The van der Waals surface area contributed by atoms with E-state index in [1.54, 1.807) is 36.4 Å². The molecule has 2 amide bonds. The summed E-state index contributed by atoms with van der Waals surface area (Å²) < 4.78 is 34.9. The lowest BCUT2D eigenvalue weighted by atomic mass is 10.0. The minimum absolute atomic E-state index is 0.0501. The molecule has 0 bridgehead atoms. The van der Waals surface area contributed by atoms with Gasteiger partial charge in [0.05, 0.1) is 17.7 Å². The van der Waals surface area contributed by atoms with Crippen LogP contribution in [0.1, 0.15) is 42.5 Å². The molecule has 4 aromatic carbocycles. The number of carbonyl (C=O) groups is 2. The number of hydrogen-bond acceptors (Lipinski definition) is 5. The topological polar surface area (TPSA) is 96.0 Å². The molecule has 0 aliphatic carbocycles. The summed E-state index contributed by atoms with van der Waals surface area (Å²) in [6.45, 7) is 7.33. The van der Waals surface area contributed by atoms with E-state index in [2.05, 4.69) is 5.32 Å². The molecular weight excluding hydrogens is 598 g/mol. The first-order valence-electron chi connectivity index (χ1n) is 15.4. The van der Waals surface area contributed by atoms with Crippen molar-refractivity contribution in [3.05, 3.63) is 125 Å². The van der Waals surface area contributed by atoms with Crippen molar-refractivity contribution in [2.45, 2.75) is 64.1 Å². The molecule has 0 fully saturated rings. The van der Waals surface area contributed by atoms with Gasteiger partial charge in [0.2, 0.25) is 11.8 Å². The van der Waals surface area contributed by atoms with Gasteiger partial charge in [0.25, 0.3) is 10.0 Å². The second-order valence-corrected chi connectivity index (χ2v) is 13.4. The Morgan fingerprint density at radius 2 is 1.46 bits per heavy atom. The lowest BCUT2D eigenvalue weighted by Gasteiger charge is -2.34. The lowest BCUT2D eigenvalue weighted by molar-refractivity contribution is -0.140. The third kappa shape index (κ3) is 8.75. The van der Waals surface area contributed by atoms with Crippen LogP contribution in [-0.4, -0.2) is 50.9 Å². The number of amides is 2. The van der Waals surface area contributed by atoms with Crippen LogP contribution in [0, 0.1) is 13.8 Å². The maximum Gasteiger partial charge on any atom is 0.264 e. The second kappa shape index (κ2) is 15.6. The average molecular weight is 642 g/mol. The molecule has 0 saturated carbocycles. The molecule has 4 rings (SSSR count). The molecule has 0 radical (unpaired) electrons. The summed E-state index contributed by atoms with van der Waals surface area (Å²) in [6, 6.07) is 29.4. The van der Waals surface area contributed by atoms with Crippen molar-refractivity contribution >= 4 is 27.5 Å². The first kappa shape index (κ1) is 34.2. The summed E-state index contributed by atoms with van der Waals surface area (Å²) >= 11 is 0. The zero-order chi connectivity index (χ0) is 33.3. The number of carbonyl (C=O) groups excluding carboxylic acids is 2. The monoisotopic (exact) mass is 641 g/mol.